The predicted octanol–water partition coefficient (Wildman–Crippen LogP) is 2.36. The van der Waals surface area contributed by atoms with Gasteiger partial charge >= 0.3 is 0 Å². The molecule has 36 heavy (non-hydrogen) atoms. The number of benzene rings is 2. The zero-order chi connectivity index (χ0) is 26.5. The molecule has 1 aliphatic rings. The largest absolute Gasteiger partial charge is 0.487 e. The van der Waals surface area contributed by atoms with Crippen molar-refractivity contribution in [1.82, 2.24) is 9.21 Å². The van der Waals surface area contributed by atoms with Crippen LogP contribution in [-0.4, -0.2) is 81.2 Å². The molecular formula is C26H31FN2O6S. The molecule has 0 spiro atoms. The van der Waals surface area contributed by atoms with E-state index in [1.807, 2.05) is 6.92 Å². The average Bonchev–Trinajstić information content (AvgIpc) is 2.85. The Kier molecular flexibility index (Phi) is 9.08. The fraction of sp³-hybridized carbons (Fsp3) is 0.423. The number of rotatable bonds is 6. The van der Waals surface area contributed by atoms with E-state index in [0.29, 0.717) is 5.56 Å². The van der Waals surface area contributed by atoms with Gasteiger partial charge in [0.05, 0.1) is 18.7 Å². The van der Waals surface area contributed by atoms with E-state index in [4.69, 9.17) is 9.47 Å². The minimum atomic E-state index is -4.00. The lowest BCUT2D eigenvalue weighted by Gasteiger charge is -2.37. The van der Waals surface area contributed by atoms with Gasteiger partial charge in [0.15, 0.2) is 0 Å². The molecule has 0 saturated heterocycles. The molecule has 0 fully saturated rings. The first-order valence-electron chi connectivity index (χ1n) is 11.5. The zero-order valence-electron chi connectivity index (χ0n) is 20.8. The Morgan fingerprint density at radius 2 is 2.06 bits per heavy atom. The van der Waals surface area contributed by atoms with Crippen molar-refractivity contribution in [2.45, 2.75) is 30.9 Å². The summed E-state index contributed by atoms with van der Waals surface area (Å²) in [6.07, 6.45) is -0.629. The molecule has 2 aromatic rings. The van der Waals surface area contributed by atoms with Gasteiger partial charge in [0.1, 0.15) is 29.2 Å². The van der Waals surface area contributed by atoms with Crippen molar-refractivity contribution < 1.29 is 32.2 Å². The third-order valence-electron chi connectivity index (χ3n) is 6.02. The van der Waals surface area contributed by atoms with Crippen molar-refractivity contribution in [1.29, 1.82) is 0 Å². The number of ether oxygens (including phenoxy) is 2. The molecule has 2 aromatic carbocycles. The van der Waals surface area contributed by atoms with Crippen LogP contribution in [0.4, 0.5) is 4.39 Å². The van der Waals surface area contributed by atoms with Gasteiger partial charge in [0.2, 0.25) is 10.0 Å². The molecule has 0 unspecified atom stereocenters. The van der Waals surface area contributed by atoms with Crippen LogP contribution in [0.1, 0.15) is 29.8 Å². The van der Waals surface area contributed by atoms with Gasteiger partial charge in [0.25, 0.3) is 5.91 Å². The second kappa shape index (κ2) is 11.8. The van der Waals surface area contributed by atoms with Crippen LogP contribution in [0.2, 0.25) is 0 Å². The quantitative estimate of drug-likeness (QED) is 0.590. The van der Waals surface area contributed by atoms with Gasteiger partial charge in [-0.15, -0.1) is 0 Å². The number of halogens is 1. The average molecular weight is 519 g/mol. The molecule has 10 heteroatoms. The number of fused-ring (bicyclic) bond motifs is 1. The second-order valence-electron chi connectivity index (χ2n) is 8.80. The van der Waals surface area contributed by atoms with E-state index >= 15 is 0 Å². The van der Waals surface area contributed by atoms with Crippen molar-refractivity contribution in [3.05, 3.63) is 59.4 Å². The highest BCUT2D eigenvalue weighted by atomic mass is 32.2. The molecular weight excluding hydrogens is 487 g/mol. The molecule has 0 saturated carbocycles. The third kappa shape index (κ3) is 6.05. The summed E-state index contributed by atoms with van der Waals surface area (Å²) < 4.78 is 53.7. The molecule has 1 aliphatic heterocycles. The maximum atomic E-state index is 14.2. The van der Waals surface area contributed by atoms with E-state index in [-0.39, 0.29) is 48.4 Å². The molecule has 1 N–H and O–H groups in total. The highest BCUT2D eigenvalue weighted by Crippen LogP contribution is 2.34. The standard InChI is InChI=1S/C26H31FN2O6S/c1-18-15-29(19(2)17-30)36(32,33)25-12-11-20(8-7-13-34-4)14-23(25)35-24(18)16-28(3)26(31)21-9-5-6-10-22(21)27/h5-6,9-12,14,18-19,24,30H,13,15-17H2,1-4H3/t18-,19+,24-/m0/s1. The van der Waals surface area contributed by atoms with Crippen molar-refractivity contribution in [2.24, 2.45) is 5.92 Å². The van der Waals surface area contributed by atoms with Crippen LogP contribution in [0.3, 0.4) is 0 Å². The van der Waals surface area contributed by atoms with Gasteiger partial charge in [0, 0.05) is 38.2 Å². The topological polar surface area (TPSA) is 96.4 Å². The van der Waals surface area contributed by atoms with Crippen LogP contribution < -0.4 is 4.74 Å². The normalized spacial score (nSPS) is 20.1. The highest BCUT2D eigenvalue weighted by molar-refractivity contribution is 7.89. The lowest BCUT2D eigenvalue weighted by atomic mass is 10.0. The van der Waals surface area contributed by atoms with E-state index in [0.717, 1.165) is 0 Å². The first-order chi connectivity index (χ1) is 17.1. The number of hydrogen-bond acceptors (Lipinski definition) is 6. The number of sulfonamides is 1. The molecule has 0 radical (unpaired) electrons. The SMILES string of the molecule is COCC#Cc1ccc2c(c1)O[C@@H](CN(C)C(=O)c1ccccc1F)[C@@H](C)CN([C@H](C)CO)S2(=O)=O. The number of methoxy groups -OCH3 is 1. The molecule has 1 amide bonds. The molecule has 194 valence electrons. The summed E-state index contributed by atoms with van der Waals surface area (Å²) in [5, 5.41) is 9.76. The maximum absolute atomic E-state index is 14.2. The predicted molar refractivity (Wildman–Crippen MR) is 133 cm³/mol. The number of nitrogens with zero attached hydrogens (tertiary/aromatic N) is 2. The van der Waals surface area contributed by atoms with Gasteiger partial charge < -0.3 is 19.5 Å². The number of hydrogen-bond donors (Lipinski definition) is 1. The number of likely N-dealkylation sites (N-methyl/N-ethyl adjacent to an activating group) is 1. The number of aliphatic hydroxyl groups is 1. The van der Waals surface area contributed by atoms with Crippen LogP contribution in [0.15, 0.2) is 47.4 Å². The van der Waals surface area contributed by atoms with E-state index in [1.54, 1.807) is 32.2 Å². The molecule has 1 heterocycles. The van der Waals surface area contributed by atoms with Crippen LogP contribution in [0.25, 0.3) is 0 Å². The summed E-state index contributed by atoms with van der Waals surface area (Å²) in [5.41, 5.74) is 0.471. The molecule has 0 aromatic heterocycles. The van der Waals surface area contributed by atoms with Crippen LogP contribution in [0, 0.1) is 23.6 Å². The Labute approximate surface area is 211 Å². The first-order valence-corrected chi connectivity index (χ1v) is 12.9. The Balaban J connectivity index is 2.01. The maximum Gasteiger partial charge on any atom is 0.256 e. The van der Waals surface area contributed by atoms with Crippen molar-refractivity contribution in [3.63, 3.8) is 0 Å². The fourth-order valence-electron chi connectivity index (χ4n) is 3.92. The molecule has 8 nitrogen and oxygen atoms in total. The van der Waals surface area contributed by atoms with Crippen LogP contribution >= 0.6 is 0 Å². The van der Waals surface area contributed by atoms with E-state index in [9.17, 15) is 22.7 Å². The number of carbonyl (C=O) groups is 1. The minimum absolute atomic E-state index is 0.0555. The summed E-state index contributed by atoms with van der Waals surface area (Å²) in [4.78, 5) is 14.2. The van der Waals surface area contributed by atoms with E-state index in [1.165, 1.54) is 40.6 Å². The van der Waals surface area contributed by atoms with Gasteiger partial charge in [-0.05, 0) is 37.3 Å². The summed E-state index contributed by atoms with van der Waals surface area (Å²) >= 11 is 0. The Hall–Kier alpha value is -2.97. The molecule has 3 atom stereocenters. The highest BCUT2D eigenvalue weighted by Gasteiger charge is 2.38. The van der Waals surface area contributed by atoms with Crippen molar-refractivity contribution >= 4 is 15.9 Å². The lowest BCUT2D eigenvalue weighted by molar-refractivity contribution is 0.0560. The minimum Gasteiger partial charge on any atom is -0.487 e. The van der Waals surface area contributed by atoms with Crippen molar-refractivity contribution in [2.75, 3.05) is 40.5 Å². The first kappa shape index (κ1) is 27.6. The Bertz CT molecular complexity index is 1260. The second-order valence-corrected chi connectivity index (χ2v) is 10.7. The van der Waals surface area contributed by atoms with Gasteiger partial charge in [-0.25, -0.2) is 12.8 Å². The zero-order valence-corrected chi connectivity index (χ0v) is 21.6. The Morgan fingerprint density at radius 1 is 1.33 bits per heavy atom. The number of carbonyl (C=O) groups excluding carboxylic acids is 1. The van der Waals surface area contributed by atoms with Crippen molar-refractivity contribution in [3.8, 4) is 17.6 Å². The summed E-state index contributed by atoms with van der Waals surface area (Å²) in [6.45, 7) is 3.42. The lowest BCUT2D eigenvalue weighted by Crippen LogP contribution is -2.50. The molecule has 3 rings (SSSR count). The van der Waals surface area contributed by atoms with Gasteiger partial charge in [-0.2, -0.15) is 4.31 Å². The van der Waals surface area contributed by atoms with Gasteiger partial charge in [-0.1, -0.05) is 30.9 Å². The third-order valence-corrected chi connectivity index (χ3v) is 8.04. The number of amides is 1. The van der Waals surface area contributed by atoms with Gasteiger partial charge in [-0.3, -0.25) is 4.79 Å². The smallest absolute Gasteiger partial charge is 0.256 e. The monoisotopic (exact) mass is 518 g/mol. The van der Waals surface area contributed by atoms with Crippen LogP contribution in [-0.2, 0) is 14.8 Å². The fourth-order valence-corrected chi connectivity index (χ4v) is 5.75. The molecule has 0 bridgehead atoms. The summed E-state index contributed by atoms with van der Waals surface area (Å²) in [6, 6.07) is 9.60. The van der Waals surface area contributed by atoms with E-state index < -0.39 is 33.9 Å². The summed E-state index contributed by atoms with van der Waals surface area (Å²) in [7, 11) is -0.936. The van der Waals surface area contributed by atoms with E-state index in [2.05, 4.69) is 11.8 Å². The van der Waals surface area contributed by atoms with Crippen LogP contribution in [0.5, 0.6) is 5.75 Å². The number of aliphatic hydroxyl groups excluding tert-OH is 1. The Morgan fingerprint density at radius 3 is 2.72 bits per heavy atom. The molecule has 0 aliphatic carbocycles. The summed E-state index contributed by atoms with van der Waals surface area (Å²) in [5.74, 6) is 4.31.